The summed E-state index contributed by atoms with van der Waals surface area (Å²) in [6, 6.07) is 0. The summed E-state index contributed by atoms with van der Waals surface area (Å²) in [5.41, 5.74) is 1.02. The second-order valence-corrected chi connectivity index (χ2v) is 4.91. The number of nitrogens with zero attached hydrogens (tertiary/aromatic N) is 2. The Labute approximate surface area is 86.2 Å². The Morgan fingerprint density at radius 3 is 2.85 bits per heavy atom. The molecule has 0 unspecified atom stereocenters. The van der Waals surface area contributed by atoms with Gasteiger partial charge in [0.15, 0.2) is 4.34 Å². The molecule has 3 nitrogen and oxygen atoms in total. The summed E-state index contributed by atoms with van der Waals surface area (Å²) < 4.78 is 0.965. The number of aryl methyl sites for hydroxylation is 1. The molecule has 72 valence electrons. The van der Waals surface area contributed by atoms with Gasteiger partial charge in [-0.25, -0.2) is 4.98 Å². The number of carbonyl (C=O) groups excluding carboxylic acids is 1. The SMILES string of the molecule is Cc1csc(SCC(=O)N(C)C)n1. The van der Waals surface area contributed by atoms with E-state index < -0.39 is 0 Å². The van der Waals surface area contributed by atoms with Gasteiger partial charge in [-0.3, -0.25) is 4.79 Å². The Morgan fingerprint density at radius 2 is 2.38 bits per heavy atom. The van der Waals surface area contributed by atoms with Gasteiger partial charge < -0.3 is 4.90 Å². The van der Waals surface area contributed by atoms with Gasteiger partial charge in [0, 0.05) is 25.2 Å². The van der Waals surface area contributed by atoms with E-state index in [2.05, 4.69) is 4.98 Å². The smallest absolute Gasteiger partial charge is 0.232 e. The van der Waals surface area contributed by atoms with Crippen molar-refractivity contribution in [1.29, 1.82) is 0 Å². The van der Waals surface area contributed by atoms with E-state index in [1.165, 1.54) is 11.8 Å². The second kappa shape index (κ2) is 4.62. The Hall–Kier alpha value is -0.550. The van der Waals surface area contributed by atoms with Crippen molar-refractivity contribution in [2.24, 2.45) is 0 Å². The van der Waals surface area contributed by atoms with Crippen molar-refractivity contribution < 1.29 is 4.79 Å². The molecular formula is C8H12N2OS2. The molecule has 1 aromatic rings. The van der Waals surface area contributed by atoms with Crippen LogP contribution in [0.25, 0.3) is 0 Å². The van der Waals surface area contributed by atoms with Gasteiger partial charge in [0.05, 0.1) is 5.75 Å². The van der Waals surface area contributed by atoms with Crippen LogP contribution in [0.15, 0.2) is 9.72 Å². The third-order valence-electron chi connectivity index (χ3n) is 1.42. The maximum atomic E-state index is 11.2. The number of amides is 1. The first-order chi connectivity index (χ1) is 6.09. The van der Waals surface area contributed by atoms with Crippen molar-refractivity contribution in [2.75, 3.05) is 19.8 Å². The van der Waals surface area contributed by atoms with Crippen LogP contribution < -0.4 is 0 Å². The van der Waals surface area contributed by atoms with Crippen LogP contribution in [0.1, 0.15) is 5.69 Å². The van der Waals surface area contributed by atoms with Gasteiger partial charge in [-0.05, 0) is 6.92 Å². The lowest BCUT2D eigenvalue weighted by atomic mass is 10.6. The minimum Gasteiger partial charge on any atom is -0.348 e. The summed E-state index contributed by atoms with van der Waals surface area (Å²) in [5.74, 6) is 0.595. The second-order valence-electron chi connectivity index (χ2n) is 2.83. The highest BCUT2D eigenvalue weighted by molar-refractivity contribution is 8.01. The van der Waals surface area contributed by atoms with E-state index >= 15 is 0 Å². The average Bonchev–Trinajstić information content (AvgIpc) is 2.47. The van der Waals surface area contributed by atoms with E-state index in [4.69, 9.17) is 0 Å². The maximum Gasteiger partial charge on any atom is 0.232 e. The van der Waals surface area contributed by atoms with Crippen LogP contribution in [-0.2, 0) is 4.79 Å². The Morgan fingerprint density at radius 1 is 1.69 bits per heavy atom. The molecule has 0 aliphatic carbocycles. The van der Waals surface area contributed by atoms with Crippen molar-refractivity contribution in [3.8, 4) is 0 Å². The highest BCUT2D eigenvalue weighted by atomic mass is 32.2. The predicted molar refractivity (Wildman–Crippen MR) is 56.3 cm³/mol. The molecule has 1 amide bonds. The summed E-state index contributed by atoms with van der Waals surface area (Å²) >= 11 is 3.08. The van der Waals surface area contributed by atoms with Gasteiger partial charge in [0.2, 0.25) is 5.91 Å². The number of rotatable bonds is 3. The van der Waals surface area contributed by atoms with Crippen LogP contribution in [0.5, 0.6) is 0 Å². The van der Waals surface area contributed by atoms with Crippen molar-refractivity contribution in [3.63, 3.8) is 0 Å². The van der Waals surface area contributed by atoms with Crippen molar-refractivity contribution in [2.45, 2.75) is 11.3 Å². The Bertz CT molecular complexity index is 296. The van der Waals surface area contributed by atoms with E-state index in [1.807, 2.05) is 12.3 Å². The summed E-state index contributed by atoms with van der Waals surface area (Å²) in [6.45, 7) is 1.95. The summed E-state index contributed by atoms with van der Waals surface area (Å²) in [6.07, 6.45) is 0. The fourth-order valence-electron chi connectivity index (χ4n) is 0.651. The molecule has 0 aromatic carbocycles. The zero-order valence-electron chi connectivity index (χ0n) is 7.90. The number of hydrogen-bond acceptors (Lipinski definition) is 4. The molecule has 0 saturated heterocycles. The first-order valence-electron chi connectivity index (χ1n) is 3.84. The normalized spacial score (nSPS) is 10.1. The number of aromatic nitrogens is 1. The van der Waals surface area contributed by atoms with Crippen LogP contribution in [0.4, 0.5) is 0 Å². The highest BCUT2D eigenvalue weighted by Gasteiger charge is 2.06. The summed E-state index contributed by atoms with van der Waals surface area (Å²) in [7, 11) is 3.52. The van der Waals surface area contributed by atoms with Crippen molar-refractivity contribution in [1.82, 2.24) is 9.88 Å². The maximum absolute atomic E-state index is 11.2. The lowest BCUT2D eigenvalue weighted by Crippen LogP contribution is -2.23. The highest BCUT2D eigenvalue weighted by Crippen LogP contribution is 2.22. The van der Waals surface area contributed by atoms with Gasteiger partial charge in [-0.1, -0.05) is 11.8 Å². The number of carbonyl (C=O) groups is 1. The molecule has 1 rings (SSSR count). The molecule has 0 N–H and O–H groups in total. The average molecular weight is 216 g/mol. The topological polar surface area (TPSA) is 33.2 Å². The molecule has 0 radical (unpaired) electrons. The van der Waals surface area contributed by atoms with Crippen LogP contribution in [0.3, 0.4) is 0 Å². The van der Waals surface area contributed by atoms with E-state index in [-0.39, 0.29) is 5.91 Å². The van der Waals surface area contributed by atoms with Gasteiger partial charge >= 0.3 is 0 Å². The fourth-order valence-corrected chi connectivity index (χ4v) is 2.48. The molecule has 0 fully saturated rings. The largest absolute Gasteiger partial charge is 0.348 e. The predicted octanol–water partition coefficient (Wildman–Crippen LogP) is 1.63. The molecular weight excluding hydrogens is 204 g/mol. The van der Waals surface area contributed by atoms with E-state index in [9.17, 15) is 4.79 Å². The van der Waals surface area contributed by atoms with E-state index in [0.29, 0.717) is 5.75 Å². The lowest BCUT2D eigenvalue weighted by molar-refractivity contribution is -0.125. The van der Waals surface area contributed by atoms with Crippen molar-refractivity contribution in [3.05, 3.63) is 11.1 Å². The fraction of sp³-hybridized carbons (Fsp3) is 0.500. The molecule has 0 bridgehead atoms. The first kappa shape index (κ1) is 10.5. The zero-order chi connectivity index (χ0) is 9.84. The van der Waals surface area contributed by atoms with E-state index in [1.54, 1.807) is 30.3 Å². The van der Waals surface area contributed by atoms with Crippen LogP contribution in [0, 0.1) is 6.92 Å². The third-order valence-corrected chi connectivity index (χ3v) is 3.54. The molecule has 0 saturated carbocycles. The molecule has 5 heteroatoms. The van der Waals surface area contributed by atoms with Gasteiger partial charge in [-0.2, -0.15) is 0 Å². The molecule has 0 atom stereocenters. The molecule has 0 aliphatic heterocycles. The first-order valence-corrected chi connectivity index (χ1v) is 5.71. The molecule has 0 aliphatic rings. The molecule has 1 heterocycles. The Balaban J connectivity index is 2.39. The third kappa shape index (κ3) is 3.36. The minimum atomic E-state index is 0.123. The zero-order valence-corrected chi connectivity index (χ0v) is 9.54. The number of hydrogen-bond donors (Lipinski definition) is 0. The standard InChI is InChI=1S/C8H12N2OS2/c1-6-4-12-8(9-6)13-5-7(11)10(2)3/h4H,5H2,1-3H3. The summed E-state index contributed by atoms with van der Waals surface area (Å²) in [4.78, 5) is 17.0. The van der Waals surface area contributed by atoms with E-state index in [0.717, 1.165) is 10.0 Å². The number of thiazole rings is 1. The molecule has 13 heavy (non-hydrogen) atoms. The van der Waals surface area contributed by atoms with Gasteiger partial charge in [0.25, 0.3) is 0 Å². The Kier molecular flexibility index (Phi) is 3.74. The monoisotopic (exact) mass is 216 g/mol. The van der Waals surface area contributed by atoms with Crippen LogP contribution in [-0.4, -0.2) is 35.6 Å². The van der Waals surface area contributed by atoms with Crippen molar-refractivity contribution >= 4 is 29.0 Å². The quantitative estimate of drug-likeness (QED) is 0.720. The molecule has 1 aromatic heterocycles. The summed E-state index contributed by atoms with van der Waals surface area (Å²) in [5, 5.41) is 1.99. The van der Waals surface area contributed by atoms with Crippen LogP contribution in [0.2, 0.25) is 0 Å². The minimum absolute atomic E-state index is 0.123. The van der Waals surface area contributed by atoms with Crippen LogP contribution >= 0.6 is 23.1 Å². The van der Waals surface area contributed by atoms with Gasteiger partial charge in [0.1, 0.15) is 0 Å². The van der Waals surface area contributed by atoms with Gasteiger partial charge in [-0.15, -0.1) is 11.3 Å². The molecule has 0 spiro atoms. The number of thioether (sulfide) groups is 1. The lowest BCUT2D eigenvalue weighted by Gasteiger charge is -2.07.